The van der Waals surface area contributed by atoms with Crippen LogP contribution in [0.1, 0.15) is 18.4 Å². The molecule has 0 aliphatic carbocycles. The molecule has 2 bridgehead atoms. The molecule has 0 saturated carbocycles. The van der Waals surface area contributed by atoms with Gasteiger partial charge in [0.2, 0.25) is 0 Å². The van der Waals surface area contributed by atoms with Crippen LogP contribution in [0.25, 0.3) is 16.7 Å². The summed E-state index contributed by atoms with van der Waals surface area (Å²) in [4.78, 5) is 17.1. The first-order chi connectivity index (χ1) is 15.0. The number of rotatable bonds is 4. The smallest absolute Gasteiger partial charge is 0.254 e. The van der Waals surface area contributed by atoms with Crippen LogP contribution < -0.4 is 11.1 Å². The Morgan fingerprint density at radius 2 is 1.77 bits per heavy atom. The van der Waals surface area contributed by atoms with Gasteiger partial charge >= 0.3 is 0 Å². The summed E-state index contributed by atoms with van der Waals surface area (Å²) in [7, 11) is 0. The number of nitrogen functional groups attached to an aromatic ring is 1. The van der Waals surface area contributed by atoms with Crippen LogP contribution in [-0.2, 0) is 9.53 Å². The van der Waals surface area contributed by atoms with Gasteiger partial charge in [0.1, 0.15) is 17.5 Å². The number of hydrogen-bond acceptors (Lipinski definition) is 4. The molecule has 2 aromatic carbocycles. The Morgan fingerprint density at radius 1 is 1.00 bits per heavy atom. The maximum absolute atomic E-state index is 14.7. The molecule has 1 aromatic heterocycles. The van der Waals surface area contributed by atoms with E-state index in [2.05, 4.69) is 10.3 Å². The van der Waals surface area contributed by atoms with Crippen LogP contribution in [0.5, 0.6) is 0 Å². The van der Waals surface area contributed by atoms with Gasteiger partial charge in [0, 0.05) is 23.0 Å². The molecule has 0 radical (unpaired) electrons. The third kappa shape index (κ3) is 3.47. The van der Waals surface area contributed by atoms with Crippen LogP contribution in [0.4, 0.5) is 20.3 Å². The summed E-state index contributed by atoms with van der Waals surface area (Å²) >= 11 is 0. The number of benzene rings is 2. The molecule has 2 atom stereocenters. The van der Waals surface area contributed by atoms with Crippen molar-refractivity contribution < 1.29 is 18.3 Å². The van der Waals surface area contributed by atoms with E-state index in [1.165, 1.54) is 24.3 Å². The minimum atomic E-state index is -0.622. The third-order valence-electron chi connectivity index (χ3n) is 5.68. The van der Waals surface area contributed by atoms with E-state index in [0.717, 1.165) is 24.0 Å². The van der Waals surface area contributed by atoms with Gasteiger partial charge in [-0.3, -0.25) is 4.79 Å². The molecule has 2 aliphatic rings. The maximum Gasteiger partial charge on any atom is 0.254 e. The Morgan fingerprint density at radius 3 is 2.55 bits per heavy atom. The Hall–Kier alpha value is -3.58. The molecule has 5 rings (SSSR count). The second kappa shape index (κ2) is 7.59. The molecule has 1 amide bonds. The van der Waals surface area contributed by atoms with Crippen LogP contribution in [0, 0.1) is 11.6 Å². The van der Waals surface area contributed by atoms with Crippen LogP contribution in [0.2, 0.25) is 0 Å². The lowest BCUT2D eigenvalue weighted by atomic mass is 9.87. The fraction of sp³-hybridized carbons (Fsp3) is 0.167. The first kappa shape index (κ1) is 19.4. The highest BCUT2D eigenvalue weighted by Crippen LogP contribution is 2.44. The summed E-state index contributed by atoms with van der Waals surface area (Å²) in [5, 5.41) is 2.76. The lowest BCUT2D eigenvalue weighted by molar-refractivity contribution is -0.113. The Bertz CT molecular complexity index is 1220. The van der Waals surface area contributed by atoms with Crippen molar-refractivity contribution >= 4 is 23.0 Å². The molecule has 3 heterocycles. The van der Waals surface area contributed by atoms with Gasteiger partial charge in [-0.25, -0.2) is 13.8 Å². The minimum Gasteiger partial charge on any atom is -0.384 e. The van der Waals surface area contributed by atoms with E-state index in [1.54, 1.807) is 36.5 Å². The van der Waals surface area contributed by atoms with Crippen LogP contribution >= 0.6 is 0 Å². The zero-order valence-corrected chi connectivity index (χ0v) is 16.4. The van der Waals surface area contributed by atoms with Gasteiger partial charge in [0.25, 0.3) is 5.91 Å². The molecule has 5 nitrogen and oxygen atoms in total. The van der Waals surface area contributed by atoms with E-state index in [9.17, 15) is 13.6 Å². The highest BCUT2D eigenvalue weighted by Gasteiger charge is 2.43. The molecule has 0 spiro atoms. The maximum atomic E-state index is 14.7. The van der Waals surface area contributed by atoms with E-state index in [0.29, 0.717) is 11.4 Å². The first-order valence-electron chi connectivity index (χ1n) is 9.98. The van der Waals surface area contributed by atoms with E-state index in [4.69, 9.17) is 10.5 Å². The third-order valence-corrected chi connectivity index (χ3v) is 5.68. The van der Waals surface area contributed by atoms with Crippen molar-refractivity contribution in [3.8, 4) is 11.1 Å². The largest absolute Gasteiger partial charge is 0.384 e. The molecule has 3 aromatic rings. The normalized spacial score (nSPS) is 19.7. The number of nitrogens with one attached hydrogen (secondary N) is 1. The summed E-state index contributed by atoms with van der Waals surface area (Å²) in [6, 6.07) is 13.7. The van der Waals surface area contributed by atoms with Gasteiger partial charge in [-0.1, -0.05) is 18.2 Å². The number of aromatic nitrogens is 1. The lowest BCUT2D eigenvalue weighted by Gasteiger charge is -2.17. The number of pyridine rings is 1. The molecule has 1 saturated heterocycles. The van der Waals surface area contributed by atoms with Crippen LogP contribution in [0.3, 0.4) is 0 Å². The Balaban J connectivity index is 1.46. The predicted octanol–water partition coefficient (Wildman–Crippen LogP) is 4.56. The molecular formula is C24H19F2N3O2. The SMILES string of the molecule is Nc1cc(C2=C(C(=O)Nc3ccc(-c4ccccc4F)c(F)c3)[C@H]3CC[C@@H]2O3)ccn1. The Kier molecular flexibility index (Phi) is 4.75. The number of hydrogen-bond donors (Lipinski definition) is 2. The van der Waals surface area contributed by atoms with E-state index in [1.807, 2.05) is 0 Å². The highest BCUT2D eigenvalue weighted by molar-refractivity contribution is 6.11. The zero-order chi connectivity index (χ0) is 21.5. The molecule has 7 heteroatoms. The van der Waals surface area contributed by atoms with Crippen molar-refractivity contribution in [2.45, 2.75) is 25.0 Å². The van der Waals surface area contributed by atoms with Crippen molar-refractivity contribution in [2.24, 2.45) is 0 Å². The number of halogens is 2. The number of nitrogens with zero attached hydrogens (tertiary/aromatic N) is 1. The molecule has 1 fully saturated rings. The van der Waals surface area contributed by atoms with Crippen LogP contribution in [-0.4, -0.2) is 23.1 Å². The van der Waals surface area contributed by atoms with Gasteiger partial charge < -0.3 is 15.8 Å². The van der Waals surface area contributed by atoms with E-state index >= 15 is 0 Å². The monoisotopic (exact) mass is 419 g/mol. The van der Waals surface area contributed by atoms with E-state index < -0.39 is 11.6 Å². The second-order valence-electron chi connectivity index (χ2n) is 7.62. The summed E-state index contributed by atoms with van der Waals surface area (Å²) in [6.45, 7) is 0. The predicted molar refractivity (Wildman–Crippen MR) is 114 cm³/mol. The van der Waals surface area contributed by atoms with Crippen LogP contribution in [0.15, 0.2) is 66.4 Å². The number of fused-ring (bicyclic) bond motifs is 2. The molecule has 156 valence electrons. The molecule has 31 heavy (non-hydrogen) atoms. The second-order valence-corrected chi connectivity index (χ2v) is 7.62. The lowest BCUT2D eigenvalue weighted by Crippen LogP contribution is -2.23. The molecule has 2 aliphatic heterocycles. The summed E-state index contributed by atoms with van der Waals surface area (Å²) in [5.74, 6) is -1.12. The fourth-order valence-electron chi connectivity index (χ4n) is 4.32. The number of carbonyl (C=O) groups excluding carboxylic acids is 1. The number of amides is 1. The minimum absolute atomic E-state index is 0.131. The van der Waals surface area contributed by atoms with Gasteiger partial charge in [-0.2, -0.15) is 0 Å². The standard InChI is InChI=1S/C24H19F2N3O2/c25-17-4-2-1-3-15(17)16-6-5-14(12-18(16)26)29-24(30)23-20-8-7-19(31-20)22(23)13-9-10-28-21(27)11-13/h1-6,9-12,19-20H,7-8H2,(H2,27,28)(H,29,30)/t19-,20+/m0/s1. The van der Waals surface area contributed by atoms with Gasteiger partial charge in [-0.15, -0.1) is 0 Å². The van der Waals surface area contributed by atoms with E-state index in [-0.39, 0.29) is 34.9 Å². The van der Waals surface area contributed by atoms with Gasteiger partial charge in [0.15, 0.2) is 0 Å². The van der Waals surface area contributed by atoms with Gasteiger partial charge in [-0.05, 0) is 60.4 Å². The molecule has 0 unspecified atom stereocenters. The number of anilines is 2. The fourth-order valence-corrected chi connectivity index (χ4v) is 4.32. The number of ether oxygens (including phenoxy) is 1. The number of nitrogens with two attached hydrogens (primary N) is 1. The average molecular weight is 419 g/mol. The van der Waals surface area contributed by atoms with Crippen molar-refractivity contribution in [2.75, 3.05) is 11.1 Å². The van der Waals surface area contributed by atoms with Crippen molar-refractivity contribution in [3.63, 3.8) is 0 Å². The topological polar surface area (TPSA) is 77.2 Å². The summed E-state index contributed by atoms with van der Waals surface area (Å²) < 4.78 is 34.7. The first-order valence-corrected chi connectivity index (χ1v) is 9.98. The average Bonchev–Trinajstić information content (AvgIpc) is 3.36. The summed E-state index contributed by atoms with van der Waals surface area (Å²) in [5.41, 5.74) is 8.52. The number of carbonyl (C=O) groups is 1. The van der Waals surface area contributed by atoms with Crippen molar-refractivity contribution in [1.29, 1.82) is 0 Å². The molecular weight excluding hydrogens is 400 g/mol. The zero-order valence-electron chi connectivity index (χ0n) is 16.4. The quantitative estimate of drug-likeness (QED) is 0.650. The van der Waals surface area contributed by atoms with Crippen molar-refractivity contribution in [3.05, 3.63) is 83.6 Å². The van der Waals surface area contributed by atoms with Gasteiger partial charge in [0.05, 0.1) is 17.8 Å². The Labute approximate surface area is 177 Å². The molecule has 3 N–H and O–H groups in total. The van der Waals surface area contributed by atoms with Crippen molar-refractivity contribution in [1.82, 2.24) is 4.98 Å². The highest BCUT2D eigenvalue weighted by atomic mass is 19.1. The summed E-state index contributed by atoms with van der Waals surface area (Å²) in [6.07, 6.45) is 2.68.